The lowest BCUT2D eigenvalue weighted by Crippen LogP contribution is -2.37. The van der Waals surface area contributed by atoms with E-state index >= 15 is 0 Å². The lowest BCUT2D eigenvalue weighted by molar-refractivity contribution is -0.115. The molecule has 0 bridgehead atoms. The van der Waals surface area contributed by atoms with Crippen molar-refractivity contribution >= 4 is 11.6 Å². The quantitative estimate of drug-likeness (QED) is 0.717. The van der Waals surface area contributed by atoms with Gasteiger partial charge in [0.2, 0.25) is 5.91 Å². The highest BCUT2D eigenvalue weighted by Gasteiger charge is 2.16. The molecule has 1 amide bonds. The van der Waals surface area contributed by atoms with E-state index in [1.807, 2.05) is 45.0 Å². The van der Waals surface area contributed by atoms with Gasteiger partial charge in [0.1, 0.15) is 0 Å². The molecule has 0 atom stereocenters. The van der Waals surface area contributed by atoms with Gasteiger partial charge in [0.05, 0.1) is 6.54 Å². The maximum absolute atomic E-state index is 11.7. The number of aliphatic hydroxyl groups excluding tert-OH is 1. The van der Waals surface area contributed by atoms with Crippen molar-refractivity contribution < 1.29 is 9.90 Å². The summed E-state index contributed by atoms with van der Waals surface area (Å²) in [4.78, 5) is 11.7. The maximum Gasteiger partial charge on any atom is 0.238 e. The first-order valence-electron chi connectivity index (χ1n) is 6.12. The highest BCUT2D eigenvalue weighted by Crippen LogP contribution is 2.13. The molecule has 4 nitrogen and oxygen atoms in total. The minimum Gasteiger partial charge on any atom is -0.396 e. The molecule has 0 aliphatic heterocycles. The summed E-state index contributed by atoms with van der Waals surface area (Å²) < 4.78 is 0. The van der Waals surface area contributed by atoms with Crippen LogP contribution < -0.4 is 10.6 Å². The number of hydrogen-bond donors (Lipinski definition) is 3. The summed E-state index contributed by atoms with van der Waals surface area (Å²) in [5.41, 5.74) is 1.68. The van der Waals surface area contributed by atoms with Crippen LogP contribution in [0.25, 0.3) is 0 Å². The Hall–Kier alpha value is -1.39. The van der Waals surface area contributed by atoms with Crippen LogP contribution in [0, 0.1) is 12.3 Å². The van der Waals surface area contributed by atoms with Crippen LogP contribution in [0.3, 0.4) is 0 Å². The van der Waals surface area contributed by atoms with Crippen molar-refractivity contribution in [2.24, 2.45) is 5.41 Å². The van der Waals surface area contributed by atoms with Crippen LogP contribution in [0.15, 0.2) is 24.3 Å². The Labute approximate surface area is 108 Å². The normalized spacial score (nSPS) is 11.3. The van der Waals surface area contributed by atoms with Crippen LogP contribution in [0.1, 0.15) is 19.4 Å². The molecular formula is C14H22N2O2. The van der Waals surface area contributed by atoms with Crippen LogP contribution in [-0.4, -0.2) is 30.7 Å². The Morgan fingerprint density at radius 1 is 1.33 bits per heavy atom. The number of hydrogen-bond acceptors (Lipinski definition) is 3. The number of carbonyl (C=O) groups is 1. The monoisotopic (exact) mass is 250 g/mol. The zero-order valence-electron chi connectivity index (χ0n) is 11.3. The topological polar surface area (TPSA) is 61.4 Å². The van der Waals surface area contributed by atoms with E-state index in [4.69, 9.17) is 5.11 Å². The molecule has 0 aliphatic rings. The first kappa shape index (κ1) is 14.7. The number of amides is 1. The molecule has 4 heteroatoms. The van der Waals surface area contributed by atoms with Crippen LogP contribution in [0.5, 0.6) is 0 Å². The van der Waals surface area contributed by atoms with Crippen molar-refractivity contribution in [3.63, 3.8) is 0 Å². The zero-order valence-corrected chi connectivity index (χ0v) is 11.3. The number of para-hydroxylation sites is 1. The van der Waals surface area contributed by atoms with Gasteiger partial charge in [-0.05, 0) is 18.6 Å². The Balaban J connectivity index is 2.37. The van der Waals surface area contributed by atoms with Crippen LogP contribution in [-0.2, 0) is 4.79 Å². The summed E-state index contributed by atoms with van der Waals surface area (Å²) in [5, 5.41) is 15.0. The predicted octanol–water partition coefficient (Wildman–Crippen LogP) is 1.54. The molecular weight excluding hydrogens is 228 g/mol. The molecule has 3 N–H and O–H groups in total. The number of carbonyl (C=O) groups excluding carboxylic acids is 1. The van der Waals surface area contributed by atoms with E-state index in [0.717, 1.165) is 11.3 Å². The minimum absolute atomic E-state index is 0.0713. The van der Waals surface area contributed by atoms with Crippen molar-refractivity contribution in [1.82, 2.24) is 5.32 Å². The third-order valence-electron chi connectivity index (χ3n) is 2.74. The van der Waals surface area contributed by atoms with Crippen LogP contribution >= 0.6 is 0 Å². The van der Waals surface area contributed by atoms with E-state index < -0.39 is 0 Å². The third kappa shape index (κ3) is 4.85. The number of anilines is 1. The van der Waals surface area contributed by atoms with Gasteiger partial charge in [-0.3, -0.25) is 4.79 Å². The molecule has 1 aromatic carbocycles. The summed E-state index contributed by atoms with van der Waals surface area (Å²) in [7, 11) is 0. The number of benzene rings is 1. The lowest BCUT2D eigenvalue weighted by atomic mass is 9.95. The number of aliphatic hydroxyl groups is 1. The fraction of sp³-hybridized carbons (Fsp3) is 0.500. The Bertz CT molecular complexity index is 403. The first-order valence-corrected chi connectivity index (χ1v) is 6.12. The molecule has 18 heavy (non-hydrogen) atoms. The third-order valence-corrected chi connectivity index (χ3v) is 2.74. The van der Waals surface area contributed by atoms with Crippen LogP contribution in [0.2, 0.25) is 0 Å². The molecule has 0 saturated carbocycles. The maximum atomic E-state index is 11.7. The summed E-state index contributed by atoms with van der Waals surface area (Å²) in [6.07, 6.45) is 0. The van der Waals surface area contributed by atoms with Crippen LogP contribution in [0.4, 0.5) is 5.69 Å². The van der Waals surface area contributed by atoms with E-state index in [9.17, 15) is 4.79 Å². The second-order valence-electron chi connectivity index (χ2n) is 5.29. The van der Waals surface area contributed by atoms with E-state index in [-0.39, 0.29) is 24.5 Å². The molecule has 0 spiro atoms. The Kier molecular flexibility index (Phi) is 5.31. The lowest BCUT2D eigenvalue weighted by Gasteiger charge is -2.21. The number of rotatable bonds is 6. The van der Waals surface area contributed by atoms with Crippen molar-refractivity contribution in [3.8, 4) is 0 Å². The second-order valence-corrected chi connectivity index (χ2v) is 5.29. The van der Waals surface area contributed by atoms with Gasteiger partial charge in [0.15, 0.2) is 0 Å². The molecule has 100 valence electrons. The van der Waals surface area contributed by atoms with Gasteiger partial charge in [-0.15, -0.1) is 0 Å². The summed E-state index contributed by atoms with van der Waals surface area (Å²) in [5.74, 6) is -0.0713. The highest BCUT2D eigenvalue weighted by molar-refractivity contribution is 5.92. The minimum atomic E-state index is -0.205. The van der Waals surface area contributed by atoms with Crippen molar-refractivity contribution in [3.05, 3.63) is 29.8 Å². The van der Waals surface area contributed by atoms with Gasteiger partial charge >= 0.3 is 0 Å². The van der Waals surface area contributed by atoms with Gasteiger partial charge in [0, 0.05) is 24.3 Å². The molecule has 0 aromatic heterocycles. The smallest absolute Gasteiger partial charge is 0.238 e. The van der Waals surface area contributed by atoms with Crippen molar-refractivity contribution in [2.75, 3.05) is 25.0 Å². The molecule has 0 unspecified atom stereocenters. The zero-order chi connectivity index (χ0) is 13.6. The molecule has 0 radical (unpaired) electrons. The van der Waals surface area contributed by atoms with Crippen molar-refractivity contribution in [2.45, 2.75) is 20.8 Å². The highest BCUT2D eigenvalue weighted by atomic mass is 16.3. The van der Waals surface area contributed by atoms with Gasteiger partial charge in [-0.2, -0.15) is 0 Å². The van der Waals surface area contributed by atoms with Gasteiger partial charge in [0.25, 0.3) is 0 Å². The molecule has 0 heterocycles. The largest absolute Gasteiger partial charge is 0.396 e. The summed E-state index contributed by atoms with van der Waals surface area (Å²) in [6.45, 7) is 6.79. The fourth-order valence-corrected chi connectivity index (χ4v) is 1.48. The van der Waals surface area contributed by atoms with E-state index in [1.54, 1.807) is 0 Å². The standard InChI is InChI=1S/C14H22N2O2/c1-11-6-4-5-7-12(11)16-13(18)8-15-9-14(2,3)10-17/h4-7,15,17H,8-10H2,1-3H3,(H,16,18). The molecule has 1 aromatic rings. The Morgan fingerprint density at radius 3 is 2.61 bits per heavy atom. The summed E-state index contributed by atoms with van der Waals surface area (Å²) >= 11 is 0. The number of aryl methyl sites for hydroxylation is 1. The van der Waals surface area contributed by atoms with Crippen molar-refractivity contribution in [1.29, 1.82) is 0 Å². The SMILES string of the molecule is Cc1ccccc1NC(=O)CNCC(C)(C)CO. The average molecular weight is 250 g/mol. The Morgan fingerprint density at radius 2 is 2.00 bits per heavy atom. The van der Waals surface area contributed by atoms with Gasteiger partial charge in [-0.1, -0.05) is 32.0 Å². The van der Waals surface area contributed by atoms with E-state index in [0.29, 0.717) is 6.54 Å². The average Bonchev–Trinajstić information content (AvgIpc) is 2.32. The van der Waals surface area contributed by atoms with E-state index in [2.05, 4.69) is 10.6 Å². The first-order chi connectivity index (χ1) is 8.44. The fourth-order valence-electron chi connectivity index (χ4n) is 1.48. The molecule has 1 rings (SSSR count). The second kappa shape index (κ2) is 6.52. The van der Waals surface area contributed by atoms with Gasteiger partial charge < -0.3 is 15.7 Å². The molecule has 0 saturated heterocycles. The molecule has 0 aliphatic carbocycles. The van der Waals surface area contributed by atoms with Gasteiger partial charge in [-0.25, -0.2) is 0 Å². The molecule has 0 fully saturated rings. The van der Waals surface area contributed by atoms with E-state index in [1.165, 1.54) is 0 Å². The summed E-state index contributed by atoms with van der Waals surface area (Å²) in [6, 6.07) is 7.67. The predicted molar refractivity (Wildman–Crippen MR) is 73.5 cm³/mol. The number of nitrogens with one attached hydrogen (secondary N) is 2.